The average Bonchev–Trinajstić information content (AvgIpc) is 2.01. The van der Waals surface area contributed by atoms with Crippen molar-refractivity contribution in [3.05, 3.63) is 0 Å². The lowest BCUT2D eigenvalue weighted by atomic mass is 10.2. The Labute approximate surface area is 87.8 Å². The second-order valence-electron chi connectivity index (χ2n) is 3.33. The van der Waals surface area contributed by atoms with Gasteiger partial charge in [-0.1, -0.05) is 6.92 Å². The van der Waals surface area contributed by atoms with E-state index in [-0.39, 0.29) is 25.1 Å². The molecule has 1 heterocycles. The molecule has 2 nitrogen and oxygen atoms in total. The Bertz CT molecular complexity index is 176. The number of alkyl halides is 3. The minimum Gasteiger partial charge on any atom is -0.363 e. The number of ether oxygens (including phenoxy) is 1. The minimum absolute atomic E-state index is 0. The molecular formula is C8H15ClF3NO. The first-order valence-corrected chi connectivity index (χ1v) is 4.38. The molecule has 86 valence electrons. The average molecular weight is 234 g/mol. The van der Waals surface area contributed by atoms with Crippen LogP contribution in [0, 0.1) is 0 Å². The fourth-order valence-electron chi connectivity index (χ4n) is 1.48. The smallest absolute Gasteiger partial charge is 0.363 e. The highest BCUT2D eigenvalue weighted by atomic mass is 35.5. The Balaban J connectivity index is 0.00000169. The quantitative estimate of drug-likeness (QED) is 0.688. The van der Waals surface area contributed by atoms with E-state index in [1.165, 1.54) is 0 Å². The van der Waals surface area contributed by atoms with Gasteiger partial charge in [0.15, 0.2) is 6.10 Å². The molecule has 1 saturated heterocycles. The third-order valence-electron chi connectivity index (χ3n) is 2.15. The first kappa shape index (κ1) is 14.0. The number of rotatable bonds is 1. The molecule has 1 aliphatic heterocycles. The standard InChI is InChI=1S/C8H14F3NO.ClH/c1-3-12-4-6(2)13-7(5-12)8(9,10)11;/h6-7H,3-5H2,1-2H3;1H. The van der Waals surface area contributed by atoms with Crippen LogP contribution in [0.25, 0.3) is 0 Å². The van der Waals surface area contributed by atoms with E-state index >= 15 is 0 Å². The summed E-state index contributed by atoms with van der Waals surface area (Å²) in [5.74, 6) is 0. The molecule has 6 heteroatoms. The minimum atomic E-state index is -4.23. The van der Waals surface area contributed by atoms with Crippen molar-refractivity contribution >= 4 is 12.4 Å². The summed E-state index contributed by atoms with van der Waals surface area (Å²) < 4.78 is 41.6. The highest BCUT2D eigenvalue weighted by Gasteiger charge is 2.44. The number of morpholine rings is 1. The normalized spacial score (nSPS) is 29.8. The second-order valence-corrected chi connectivity index (χ2v) is 3.33. The molecule has 2 atom stereocenters. The maximum atomic E-state index is 12.3. The van der Waals surface area contributed by atoms with Gasteiger partial charge in [-0.05, 0) is 13.5 Å². The number of halogens is 4. The van der Waals surface area contributed by atoms with Crippen LogP contribution < -0.4 is 0 Å². The van der Waals surface area contributed by atoms with Crippen molar-refractivity contribution in [3.8, 4) is 0 Å². The van der Waals surface area contributed by atoms with Crippen molar-refractivity contribution in [2.24, 2.45) is 0 Å². The Morgan fingerprint density at radius 3 is 2.36 bits per heavy atom. The molecule has 14 heavy (non-hydrogen) atoms. The van der Waals surface area contributed by atoms with E-state index in [1.54, 1.807) is 11.8 Å². The number of hydrogen-bond donors (Lipinski definition) is 0. The van der Waals surface area contributed by atoms with E-state index in [2.05, 4.69) is 0 Å². The van der Waals surface area contributed by atoms with Crippen LogP contribution in [0.1, 0.15) is 13.8 Å². The van der Waals surface area contributed by atoms with Crippen molar-refractivity contribution < 1.29 is 17.9 Å². The highest BCUT2D eigenvalue weighted by molar-refractivity contribution is 5.85. The number of nitrogens with zero attached hydrogens (tertiary/aromatic N) is 1. The summed E-state index contributed by atoms with van der Waals surface area (Å²) in [6.07, 6.45) is -6.18. The van der Waals surface area contributed by atoms with Crippen molar-refractivity contribution in [2.45, 2.75) is 32.2 Å². The van der Waals surface area contributed by atoms with Crippen molar-refractivity contribution in [2.75, 3.05) is 19.6 Å². The molecule has 0 spiro atoms. The van der Waals surface area contributed by atoms with Gasteiger partial charge in [-0.3, -0.25) is 4.90 Å². The second kappa shape index (κ2) is 5.19. The zero-order valence-electron chi connectivity index (χ0n) is 8.17. The monoisotopic (exact) mass is 233 g/mol. The number of likely N-dealkylation sites (N-methyl/N-ethyl adjacent to an activating group) is 1. The number of hydrogen-bond acceptors (Lipinski definition) is 2. The molecule has 0 aromatic rings. The fourth-order valence-corrected chi connectivity index (χ4v) is 1.48. The molecule has 0 amide bonds. The molecule has 2 unspecified atom stereocenters. The van der Waals surface area contributed by atoms with Gasteiger partial charge in [0.25, 0.3) is 0 Å². The van der Waals surface area contributed by atoms with Gasteiger partial charge in [0.05, 0.1) is 6.10 Å². The van der Waals surface area contributed by atoms with Gasteiger partial charge >= 0.3 is 6.18 Å². The van der Waals surface area contributed by atoms with Crippen LogP contribution >= 0.6 is 12.4 Å². The topological polar surface area (TPSA) is 12.5 Å². The zero-order chi connectivity index (χ0) is 10.1. The lowest BCUT2D eigenvalue weighted by molar-refractivity contribution is -0.251. The van der Waals surface area contributed by atoms with Crippen LogP contribution in [0.5, 0.6) is 0 Å². The lowest BCUT2D eigenvalue weighted by Crippen LogP contribution is -2.52. The van der Waals surface area contributed by atoms with Crippen molar-refractivity contribution in [3.63, 3.8) is 0 Å². The predicted octanol–water partition coefficient (Wildman–Crippen LogP) is 2.08. The molecule has 1 aliphatic rings. The van der Waals surface area contributed by atoms with Crippen LogP contribution in [0.4, 0.5) is 13.2 Å². The predicted molar refractivity (Wildman–Crippen MR) is 49.8 cm³/mol. The fraction of sp³-hybridized carbons (Fsp3) is 1.00. The summed E-state index contributed by atoms with van der Waals surface area (Å²) >= 11 is 0. The molecule has 1 rings (SSSR count). The van der Waals surface area contributed by atoms with Crippen LogP contribution in [-0.4, -0.2) is 42.9 Å². The van der Waals surface area contributed by atoms with Gasteiger partial charge in [-0.2, -0.15) is 13.2 Å². The van der Waals surface area contributed by atoms with Gasteiger partial charge in [0.1, 0.15) is 0 Å². The molecule has 0 radical (unpaired) electrons. The van der Waals surface area contributed by atoms with E-state index in [9.17, 15) is 13.2 Å². The van der Waals surface area contributed by atoms with E-state index in [0.29, 0.717) is 13.1 Å². The third-order valence-corrected chi connectivity index (χ3v) is 2.15. The van der Waals surface area contributed by atoms with Gasteiger partial charge in [-0.15, -0.1) is 12.4 Å². The largest absolute Gasteiger partial charge is 0.415 e. The van der Waals surface area contributed by atoms with E-state index < -0.39 is 12.3 Å². The van der Waals surface area contributed by atoms with Gasteiger partial charge < -0.3 is 4.74 Å². The third kappa shape index (κ3) is 3.63. The first-order valence-electron chi connectivity index (χ1n) is 4.38. The summed E-state index contributed by atoms with van der Waals surface area (Å²) in [6, 6.07) is 0. The molecule has 0 N–H and O–H groups in total. The lowest BCUT2D eigenvalue weighted by Gasteiger charge is -2.36. The van der Waals surface area contributed by atoms with Gasteiger partial charge in [0, 0.05) is 13.1 Å². The summed E-state index contributed by atoms with van der Waals surface area (Å²) in [5.41, 5.74) is 0. The SMILES string of the molecule is CCN1CC(C)OC(C(F)(F)F)C1.Cl. The molecular weight excluding hydrogens is 219 g/mol. The van der Waals surface area contributed by atoms with Crippen LogP contribution in [-0.2, 0) is 4.74 Å². The van der Waals surface area contributed by atoms with Gasteiger partial charge in [-0.25, -0.2) is 0 Å². The van der Waals surface area contributed by atoms with Crippen LogP contribution in [0.15, 0.2) is 0 Å². The van der Waals surface area contributed by atoms with Crippen molar-refractivity contribution in [1.82, 2.24) is 4.90 Å². The van der Waals surface area contributed by atoms with Crippen LogP contribution in [0.3, 0.4) is 0 Å². The van der Waals surface area contributed by atoms with E-state index in [4.69, 9.17) is 4.74 Å². The molecule has 1 fully saturated rings. The Morgan fingerprint density at radius 1 is 1.36 bits per heavy atom. The van der Waals surface area contributed by atoms with Crippen LogP contribution in [0.2, 0.25) is 0 Å². The zero-order valence-corrected chi connectivity index (χ0v) is 8.99. The summed E-state index contributed by atoms with van der Waals surface area (Å²) in [7, 11) is 0. The Hall–Kier alpha value is -0.0000000000000000555. The maximum Gasteiger partial charge on any atom is 0.415 e. The van der Waals surface area contributed by atoms with E-state index in [0.717, 1.165) is 0 Å². The maximum absolute atomic E-state index is 12.3. The summed E-state index contributed by atoms with van der Waals surface area (Å²) in [6.45, 7) is 4.71. The molecule has 0 aromatic heterocycles. The highest BCUT2D eigenvalue weighted by Crippen LogP contribution is 2.27. The van der Waals surface area contributed by atoms with Gasteiger partial charge in [0.2, 0.25) is 0 Å². The van der Waals surface area contributed by atoms with Crippen molar-refractivity contribution in [1.29, 1.82) is 0 Å². The first-order chi connectivity index (χ1) is 5.93. The summed E-state index contributed by atoms with van der Waals surface area (Å²) in [5, 5.41) is 0. The Kier molecular flexibility index (Phi) is 5.19. The molecule has 0 aliphatic carbocycles. The summed E-state index contributed by atoms with van der Waals surface area (Å²) in [4.78, 5) is 1.76. The Morgan fingerprint density at radius 2 is 1.93 bits per heavy atom. The van der Waals surface area contributed by atoms with E-state index in [1.807, 2.05) is 6.92 Å². The molecule has 0 saturated carbocycles. The molecule has 0 aromatic carbocycles. The molecule has 0 bridgehead atoms.